The van der Waals surface area contributed by atoms with Gasteiger partial charge in [0, 0.05) is 30.5 Å². The van der Waals surface area contributed by atoms with E-state index in [9.17, 15) is 0 Å². The number of nitrogens with zero attached hydrogens (tertiary/aromatic N) is 1. The maximum atomic E-state index is 5.99. The van der Waals surface area contributed by atoms with Crippen LogP contribution in [0.2, 0.25) is 0 Å². The van der Waals surface area contributed by atoms with Crippen LogP contribution < -0.4 is 11.5 Å². The van der Waals surface area contributed by atoms with Crippen molar-refractivity contribution in [3.05, 3.63) is 54.4 Å². The van der Waals surface area contributed by atoms with Crippen LogP contribution in [0.3, 0.4) is 0 Å². The van der Waals surface area contributed by atoms with Crippen LogP contribution in [0.1, 0.15) is 11.6 Å². The summed E-state index contributed by atoms with van der Waals surface area (Å²) in [4.78, 5) is 4.12. The molecule has 0 radical (unpaired) electrons. The van der Waals surface area contributed by atoms with Crippen LogP contribution >= 0.6 is 0 Å². The number of benzene rings is 1. The van der Waals surface area contributed by atoms with Gasteiger partial charge in [-0.05, 0) is 17.2 Å². The molecule has 0 aliphatic rings. The summed E-state index contributed by atoms with van der Waals surface area (Å²) in [6.07, 6.45) is 3.59. The number of hydrogen-bond donors (Lipinski definition) is 2. The standard InChI is InChI=1S/C13H15N3/c14-8-13(15)12-6-2-1-5-11(12)10-4-3-7-16-9-10/h1-7,9,13H,8,14-15H2/t13-/m1/s1. The van der Waals surface area contributed by atoms with Crippen LogP contribution in [0, 0.1) is 0 Å². The second kappa shape index (κ2) is 4.88. The lowest BCUT2D eigenvalue weighted by molar-refractivity contribution is 0.739. The largest absolute Gasteiger partial charge is 0.329 e. The molecule has 1 aromatic carbocycles. The van der Waals surface area contributed by atoms with E-state index in [0.29, 0.717) is 6.54 Å². The first-order chi connectivity index (χ1) is 7.83. The molecule has 0 bridgehead atoms. The van der Waals surface area contributed by atoms with Gasteiger partial charge in [0.25, 0.3) is 0 Å². The highest BCUT2D eigenvalue weighted by Crippen LogP contribution is 2.25. The smallest absolute Gasteiger partial charge is 0.0425 e. The van der Waals surface area contributed by atoms with Gasteiger partial charge in [-0.1, -0.05) is 30.3 Å². The summed E-state index contributed by atoms with van der Waals surface area (Å²) < 4.78 is 0. The third-order valence-corrected chi connectivity index (χ3v) is 2.59. The lowest BCUT2D eigenvalue weighted by Crippen LogP contribution is -2.21. The second-order valence-electron chi connectivity index (χ2n) is 3.67. The Morgan fingerprint density at radius 2 is 1.94 bits per heavy atom. The van der Waals surface area contributed by atoms with Crippen LogP contribution in [0.4, 0.5) is 0 Å². The van der Waals surface area contributed by atoms with Crippen molar-refractivity contribution in [2.75, 3.05) is 6.54 Å². The van der Waals surface area contributed by atoms with Crippen molar-refractivity contribution in [1.29, 1.82) is 0 Å². The molecule has 1 atom stereocenters. The predicted octanol–water partition coefficient (Wildman–Crippen LogP) is 1.71. The predicted molar refractivity (Wildman–Crippen MR) is 65.7 cm³/mol. The minimum absolute atomic E-state index is 0.128. The molecular formula is C13H15N3. The van der Waals surface area contributed by atoms with Gasteiger partial charge in [0.2, 0.25) is 0 Å². The van der Waals surface area contributed by atoms with Crippen molar-refractivity contribution < 1.29 is 0 Å². The van der Waals surface area contributed by atoms with Crippen molar-refractivity contribution in [1.82, 2.24) is 4.98 Å². The normalized spacial score (nSPS) is 12.4. The summed E-state index contributed by atoms with van der Waals surface area (Å²) in [7, 11) is 0. The fourth-order valence-electron chi connectivity index (χ4n) is 1.73. The Hall–Kier alpha value is -1.71. The molecule has 0 fully saturated rings. The zero-order valence-corrected chi connectivity index (χ0v) is 9.01. The Kier molecular flexibility index (Phi) is 3.29. The van der Waals surface area contributed by atoms with Gasteiger partial charge < -0.3 is 11.5 Å². The highest BCUT2D eigenvalue weighted by atomic mass is 14.7. The molecule has 1 aromatic heterocycles. The monoisotopic (exact) mass is 213 g/mol. The zero-order valence-electron chi connectivity index (χ0n) is 9.01. The summed E-state index contributed by atoms with van der Waals surface area (Å²) in [5, 5.41) is 0. The average Bonchev–Trinajstić information content (AvgIpc) is 2.39. The van der Waals surface area contributed by atoms with Crippen molar-refractivity contribution in [2.45, 2.75) is 6.04 Å². The molecule has 16 heavy (non-hydrogen) atoms. The molecule has 4 N–H and O–H groups in total. The molecular weight excluding hydrogens is 198 g/mol. The molecule has 0 aliphatic carbocycles. The quantitative estimate of drug-likeness (QED) is 0.815. The van der Waals surface area contributed by atoms with Gasteiger partial charge in [-0.25, -0.2) is 0 Å². The Labute approximate surface area is 95.1 Å². The minimum atomic E-state index is -0.128. The van der Waals surface area contributed by atoms with Crippen LogP contribution in [0.15, 0.2) is 48.8 Å². The zero-order chi connectivity index (χ0) is 11.4. The Morgan fingerprint density at radius 1 is 1.12 bits per heavy atom. The Morgan fingerprint density at radius 3 is 2.62 bits per heavy atom. The van der Waals surface area contributed by atoms with E-state index in [1.807, 2.05) is 42.6 Å². The van der Waals surface area contributed by atoms with E-state index in [1.165, 1.54) is 0 Å². The third kappa shape index (κ3) is 2.10. The van der Waals surface area contributed by atoms with Crippen molar-refractivity contribution in [2.24, 2.45) is 11.5 Å². The molecule has 82 valence electrons. The van der Waals surface area contributed by atoms with Crippen molar-refractivity contribution >= 4 is 0 Å². The molecule has 3 heteroatoms. The second-order valence-corrected chi connectivity index (χ2v) is 3.67. The SMILES string of the molecule is NC[C@@H](N)c1ccccc1-c1cccnc1. The summed E-state index contributed by atoms with van der Waals surface area (Å²) in [6, 6.07) is 11.8. The summed E-state index contributed by atoms with van der Waals surface area (Å²) in [6.45, 7) is 0.442. The molecule has 0 saturated heterocycles. The molecule has 0 saturated carbocycles. The maximum Gasteiger partial charge on any atom is 0.0425 e. The van der Waals surface area contributed by atoms with Crippen LogP contribution in [0.25, 0.3) is 11.1 Å². The van der Waals surface area contributed by atoms with Gasteiger partial charge in [-0.2, -0.15) is 0 Å². The highest BCUT2D eigenvalue weighted by Gasteiger charge is 2.09. The van der Waals surface area contributed by atoms with Gasteiger partial charge in [0.1, 0.15) is 0 Å². The highest BCUT2D eigenvalue weighted by molar-refractivity contribution is 5.67. The summed E-state index contributed by atoms with van der Waals surface area (Å²) in [5.74, 6) is 0. The van der Waals surface area contributed by atoms with E-state index in [0.717, 1.165) is 16.7 Å². The van der Waals surface area contributed by atoms with Gasteiger partial charge in [0.15, 0.2) is 0 Å². The lowest BCUT2D eigenvalue weighted by Gasteiger charge is -2.14. The summed E-state index contributed by atoms with van der Waals surface area (Å²) in [5.41, 5.74) is 14.8. The molecule has 2 aromatic rings. The van der Waals surface area contributed by atoms with Gasteiger partial charge >= 0.3 is 0 Å². The van der Waals surface area contributed by atoms with Crippen LogP contribution in [-0.2, 0) is 0 Å². The van der Waals surface area contributed by atoms with Crippen LogP contribution in [0.5, 0.6) is 0 Å². The third-order valence-electron chi connectivity index (χ3n) is 2.59. The molecule has 3 nitrogen and oxygen atoms in total. The maximum absolute atomic E-state index is 5.99. The fourth-order valence-corrected chi connectivity index (χ4v) is 1.73. The van der Waals surface area contributed by atoms with Crippen molar-refractivity contribution in [3.63, 3.8) is 0 Å². The van der Waals surface area contributed by atoms with E-state index in [1.54, 1.807) is 6.20 Å². The van der Waals surface area contributed by atoms with E-state index in [2.05, 4.69) is 4.98 Å². The van der Waals surface area contributed by atoms with Gasteiger partial charge in [-0.3, -0.25) is 4.98 Å². The molecule has 0 spiro atoms. The van der Waals surface area contributed by atoms with E-state index in [-0.39, 0.29) is 6.04 Å². The number of rotatable bonds is 3. The topological polar surface area (TPSA) is 64.9 Å². The first-order valence-corrected chi connectivity index (χ1v) is 5.28. The first-order valence-electron chi connectivity index (χ1n) is 5.28. The van der Waals surface area contributed by atoms with Gasteiger partial charge in [-0.15, -0.1) is 0 Å². The minimum Gasteiger partial charge on any atom is -0.329 e. The lowest BCUT2D eigenvalue weighted by atomic mass is 9.96. The number of aromatic nitrogens is 1. The van der Waals surface area contributed by atoms with E-state index < -0.39 is 0 Å². The van der Waals surface area contributed by atoms with Gasteiger partial charge in [0.05, 0.1) is 0 Å². The van der Waals surface area contributed by atoms with E-state index in [4.69, 9.17) is 11.5 Å². The van der Waals surface area contributed by atoms with Crippen LogP contribution in [-0.4, -0.2) is 11.5 Å². The Bertz CT molecular complexity index is 454. The first kappa shape index (κ1) is 10.8. The molecule has 0 aliphatic heterocycles. The fraction of sp³-hybridized carbons (Fsp3) is 0.154. The number of pyridine rings is 1. The molecule has 0 unspecified atom stereocenters. The number of hydrogen-bond acceptors (Lipinski definition) is 3. The molecule has 0 amide bonds. The Balaban J connectivity index is 2.49. The van der Waals surface area contributed by atoms with Crippen molar-refractivity contribution in [3.8, 4) is 11.1 Å². The molecule has 2 rings (SSSR count). The average molecular weight is 213 g/mol. The van der Waals surface area contributed by atoms with E-state index >= 15 is 0 Å². The molecule has 1 heterocycles. The summed E-state index contributed by atoms with van der Waals surface area (Å²) >= 11 is 0. The number of nitrogens with two attached hydrogens (primary N) is 2.